The summed E-state index contributed by atoms with van der Waals surface area (Å²) in [6.07, 6.45) is 0. The van der Waals surface area contributed by atoms with Crippen LogP contribution < -0.4 is 0 Å². The molecule has 0 spiro atoms. The maximum atomic E-state index is 0. The fourth-order valence-corrected chi connectivity index (χ4v) is 0. The van der Waals surface area contributed by atoms with Crippen molar-refractivity contribution in [1.82, 2.24) is 0 Å². The Morgan fingerprint density at radius 2 is 0.286 bits per heavy atom. The molecule has 0 fully saturated rings. The molecule has 7 heavy (non-hydrogen) atoms. The van der Waals surface area contributed by atoms with Crippen LogP contribution in [0.4, 0.5) is 0 Å². The average Bonchev–Trinajstić information content (AvgIpc) is 0. The Labute approximate surface area is 178 Å². The second-order valence-electron chi connectivity index (χ2n) is 0. The Morgan fingerprint density at radius 3 is 0.286 bits per heavy atom. The van der Waals surface area contributed by atoms with Crippen molar-refractivity contribution in [1.29, 1.82) is 0 Å². The van der Waals surface area contributed by atoms with Gasteiger partial charge in [0.2, 0.25) is 0 Å². The summed E-state index contributed by atoms with van der Waals surface area (Å²) < 4.78 is 0. The van der Waals surface area contributed by atoms with Crippen LogP contribution in [0.1, 0.15) is 0 Å². The summed E-state index contributed by atoms with van der Waals surface area (Å²) in [6, 6.07) is 0. The van der Waals surface area contributed by atoms with Crippen LogP contribution in [-0.2, 0) is 183 Å². The second-order valence-corrected chi connectivity index (χ2v) is 0. The molecule has 0 N–H and O–H groups in total. The van der Waals surface area contributed by atoms with Crippen LogP contribution in [0, 0.1) is 0 Å². The van der Waals surface area contributed by atoms with Crippen molar-refractivity contribution in [2.24, 2.45) is 0 Å². The molecule has 0 aliphatic heterocycles. The fraction of sp³-hybridized carbons (Fsp3) is 0. The van der Waals surface area contributed by atoms with Crippen molar-refractivity contribution < 1.29 is 183 Å². The van der Waals surface area contributed by atoms with E-state index in [4.69, 9.17) is 0 Å². The van der Waals surface area contributed by atoms with Gasteiger partial charge in [-0.05, 0) is 0 Å². The van der Waals surface area contributed by atoms with Gasteiger partial charge in [-0.15, -0.1) is 0 Å². The molecule has 0 aromatic carbocycles. The maximum Gasteiger partial charge on any atom is 0 e. The summed E-state index contributed by atoms with van der Waals surface area (Å²) in [4.78, 5) is 0. The van der Waals surface area contributed by atoms with Crippen LogP contribution >= 0.6 is 0 Å². The zero-order valence-corrected chi connectivity index (χ0v) is 32.1. The first-order valence-corrected chi connectivity index (χ1v) is 0. The Hall–Kier alpha value is 6.16. The van der Waals surface area contributed by atoms with Gasteiger partial charge in [-0.2, -0.15) is 0 Å². The van der Waals surface area contributed by atoms with Gasteiger partial charge < -0.3 is 0 Å². The standard InChI is InChI=1S/6Cd.Zn. The first kappa shape index (κ1) is 51.3. The van der Waals surface area contributed by atoms with Gasteiger partial charge in [-0.1, -0.05) is 0 Å². The third kappa shape index (κ3) is 33.1. The van der Waals surface area contributed by atoms with E-state index < -0.39 is 0 Å². The van der Waals surface area contributed by atoms with Gasteiger partial charge in [0.15, 0.2) is 0 Å². The molecule has 0 atom stereocenters. The van der Waals surface area contributed by atoms with E-state index in [9.17, 15) is 0 Å². The van der Waals surface area contributed by atoms with Crippen LogP contribution in [-0.4, -0.2) is 0 Å². The Balaban J connectivity index is 0. The van der Waals surface area contributed by atoms with Gasteiger partial charge >= 0.3 is 0 Å². The topological polar surface area (TPSA) is 0 Å². The minimum absolute atomic E-state index is 0. The summed E-state index contributed by atoms with van der Waals surface area (Å²) in [7, 11) is 0. The molecule has 0 radical (unpaired) electrons. The summed E-state index contributed by atoms with van der Waals surface area (Å²) >= 11 is 0. The van der Waals surface area contributed by atoms with Crippen molar-refractivity contribution in [2.45, 2.75) is 0 Å². The summed E-state index contributed by atoms with van der Waals surface area (Å²) in [5.74, 6) is 0. The first-order valence-electron chi connectivity index (χ1n) is 0. The van der Waals surface area contributed by atoms with E-state index in [1.165, 1.54) is 0 Å². The van der Waals surface area contributed by atoms with Gasteiger partial charge in [0.25, 0.3) is 0 Å². The fourth-order valence-electron chi connectivity index (χ4n) is 0. The summed E-state index contributed by atoms with van der Waals surface area (Å²) in [5, 5.41) is 0. The zero-order valence-electron chi connectivity index (χ0n) is 4.95. The van der Waals surface area contributed by atoms with E-state index in [-0.39, 0.29) is 183 Å². The van der Waals surface area contributed by atoms with Crippen molar-refractivity contribution in [2.75, 3.05) is 0 Å². The van der Waals surface area contributed by atoms with Gasteiger partial charge in [0, 0.05) is 183 Å². The van der Waals surface area contributed by atoms with Gasteiger partial charge in [0.05, 0.1) is 0 Å². The molecule has 0 rings (SSSR count). The molecule has 0 aromatic heterocycles. The summed E-state index contributed by atoms with van der Waals surface area (Å²) in [6.45, 7) is 0. The molecule has 7 heteroatoms. The quantitative estimate of drug-likeness (QED) is 0.307. The SMILES string of the molecule is [Cd].[Cd].[Cd].[Cd].[Cd].[Cd].[Zn]. The van der Waals surface area contributed by atoms with Crippen molar-refractivity contribution >= 4 is 0 Å². The molecule has 0 aromatic rings. The minimum atomic E-state index is 0. The normalized spacial score (nSPS) is 0. The second kappa shape index (κ2) is 39.9. The van der Waals surface area contributed by atoms with E-state index in [1.807, 2.05) is 0 Å². The Morgan fingerprint density at radius 1 is 0.286 bits per heavy atom. The van der Waals surface area contributed by atoms with Crippen LogP contribution in [0.15, 0.2) is 0 Å². The van der Waals surface area contributed by atoms with Crippen LogP contribution in [0.2, 0.25) is 0 Å². The van der Waals surface area contributed by atoms with Crippen LogP contribution in [0.5, 0.6) is 0 Å². The number of hydrogen-bond acceptors (Lipinski definition) is 0. The Kier molecular flexibility index (Phi) is 293. The predicted molar refractivity (Wildman–Crippen MR) is 0 cm³/mol. The van der Waals surface area contributed by atoms with Crippen molar-refractivity contribution in [3.63, 3.8) is 0 Å². The third-order valence-corrected chi connectivity index (χ3v) is 0. The molecule has 0 amide bonds. The Bertz CT molecular complexity index is 4.14. The zero-order chi connectivity index (χ0) is 0. The molecular formula is Cd6Zn. The largest absolute Gasteiger partial charge is 0 e. The molecular weight excluding hydrogens is 740 g/mol. The molecule has 0 aliphatic carbocycles. The van der Waals surface area contributed by atoms with Gasteiger partial charge in [-0.3, -0.25) is 0 Å². The van der Waals surface area contributed by atoms with Crippen molar-refractivity contribution in [3.8, 4) is 0 Å². The molecule has 0 saturated carbocycles. The third-order valence-electron chi connectivity index (χ3n) is 0. The van der Waals surface area contributed by atoms with Gasteiger partial charge in [-0.25, -0.2) is 0 Å². The van der Waals surface area contributed by atoms with E-state index in [0.717, 1.165) is 0 Å². The van der Waals surface area contributed by atoms with Crippen LogP contribution in [0.25, 0.3) is 0 Å². The molecule has 0 saturated heterocycles. The van der Waals surface area contributed by atoms with Crippen LogP contribution in [0.3, 0.4) is 0 Å². The predicted octanol–water partition coefficient (Wildman–Crippen LogP) is -0.0175. The molecule has 14 valence electrons. The first-order chi connectivity index (χ1) is 0. The summed E-state index contributed by atoms with van der Waals surface area (Å²) in [5.41, 5.74) is 0. The molecule has 0 aliphatic rings. The molecule has 0 nitrogen and oxygen atoms in total. The maximum absolute atomic E-state index is 0. The molecule has 0 unspecified atom stereocenters. The van der Waals surface area contributed by atoms with Gasteiger partial charge in [0.1, 0.15) is 0 Å². The molecule has 0 bridgehead atoms. The van der Waals surface area contributed by atoms with E-state index in [0.29, 0.717) is 0 Å². The number of rotatable bonds is 0. The molecule has 0 heterocycles. The monoisotopic (exact) mass is 747 g/mol. The van der Waals surface area contributed by atoms with Crippen molar-refractivity contribution in [3.05, 3.63) is 0 Å². The smallest absolute Gasteiger partial charge is 0 e. The number of hydrogen-bond donors (Lipinski definition) is 0. The van der Waals surface area contributed by atoms with E-state index in [2.05, 4.69) is 0 Å². The average molecular weight is 740 g/mol. The minimum Gasteiger partial charge on any atom is 0 e. The van der Waals surface area contributed by atoms with E-state index >= 15 is 0 Å². The van der Waals surface area contributed by atoms with E-state index in [1.54, 1.807) is 0 Å².